The number of carbonyl (C=O) groups excluding carboxylic acids is 3. The van der Waals surface area contributed by atoms with Crippen LogP contribution < -0.4 is 5.32 Å². The van der Waals surface area contributed by atoms with Gasteiger partial charge in [0.1, 0.15) is 0 Å². The van der Waals surface area contributed by atoms with Crippen molar-refractivity contribution >= 4 is 23.5 Å². The number of amides is 1. The fourth-order valence-electron chi connectivity index (χ4n) is 2.47. The number of hydrogen-bond donors (Lipinski definition) is 1. The Morgan fingerprint density at radius 1 is 1.00 bits per heavy atom. The minimum atomic E-state index is -0.630. The first-order valence-electron chi connectivity index (χ1n) is 7.41. The molecule has 0 saturated carbocycles. The number of benzene rings is 1. The first-order chi connectivity index (χ1) is 11.8. The third-order valence-electron chi connectivity index (χ3n) is 3.77. The van der Waals surface area contributed by atoms with E-state index in [9.17, 15) is 14.4 Å². The van der Waals surface area contributed by atoms with E-state index in [1.54, 1.807) is 25.6 Å². The van der Waals surface area contributed by atoms with Gasteiger partial charge in [-0.05, 0) is 32.0 Å². The van der Waals surface area contributed by atoms with E-state index in [1.165, 1.54) is 32.4 Å². The number of rotatable bonds is 4. The van der Waals surface area contributed by atoms with Gasteiger partial charge in [-0.15, -0.1) is 0 Å². The maximum atomic E-state index is 12.6. The third-order valence-corrected chi connectivity index (χ3v) is 3.77. The summed E-state index contributed by atoms with van der Waals surface area (Å²) in [7, 11) is 4.20. The van der Waals surface area contributed by atoms with Crippen molar-refractivity contribution < 1.29 is 23.9 Å². The van der Waals surface area contributed by atoms with Crippen LogP contribution >= 0.6 is 0 Å². The molecule has 0 saturated heterocycles. The molecule has 0 fully saturated rings. The fourth-order valence-corrected chi connectivity index (χ4v) is 2.47. The lowest BCUT2D eigenvalue weighted by Crippen LogP contribution is -2.16. The van der Waals surface area contributed by atoms with E-state index in [1.807, 2.05) is 0 Å². The number of anilines is 1. The smallest absolute Gasteiger partial charge is 0.337 e. The molecular formula is C17H19N3O5. The van der Waals surface area contributed by atoms with Crippen molar-refractivity contribution in [3.63, 3.8) is 0 Å². The number of aromatic nitrogens is 2. The Morgan fingerprint density at radius 3 is 1.92 bits per heavy atom. The van der Waals surface area contributed by atoms with E-state index in [-0.39, 0.29) is 22.7 Å². The van der Waals surface area contributed by atoms with Crippen molar-refractivity contribution in [1.29, 1.82) is 0 Å². The summed E-state index contributed by atoms with van der Waals surface area (Å²) in [6.45, 7) is 3.51. The quantitative estimate of drug-likeness (QED) is 0.849. The number of ether oxygens (including phenoxy) is 2. The normalized spacial score (nSPS) is 10.3. The molecule has 25 heavy (non-hydrogen) atoms. The van der Waals surface area contributed by atoms with Gasteiger partial charge in [0, 0.05) is 18.4 Å². The van der Waals surface area contributed by atoms with Crippen LogP contribution in [0.1, 0.15) is 42.5 Å². The summed E-state index contributed by atoms with van der Waals surface area (Å²) in [5, 5.41) is 6.88. The molecule has 1 heterocycles. The van der Waals surface area contributed by atoms with Crippen molar-refractivity contribution in [3.05, 3.63) is 46.3 Å². The number of aryl methyl sites for hydroxylation is 2. The molecule has 0 radical (unpaired) electrons. The summed E-state index contributed by atoms with van der Waals surface area (Å²) in [6, 6.07) is 4.20. The number of nitrogens with one attached hydrogen (secondary N) is 1. The standard InChI is InChI=1S/C17H19N3O5/c1-9-14(10(2)20(3)19-9)15(21)18-13-7-11(16(22)24-4)6-12(8-13)17(23)25-5/h6-8H,1-5H3,(H,18,21). The van der Waals surface area contributed by atoms with Gasteiger partial charge in [0.05, 0.1) is 36.6 Å². The monoisotopic (exact) mass is 345 g/mol. The van der Waals surface area contributed by atoms with Gasteiger partial charge in [-0.1, -0.05) is 0 Å². The highest BCUT2D eigenvalue weighted by Crippen LogP contribution is 2.20. The third kappa shape index (κ3) is 3.68. The second kappa shape index (κ2) is 7.16. The summed E-state index contributed by atoms with van der Waals surface area (Å²) in [6.07, 6.45) is 0. The Morgan fingerprint density at radius 2 is 1.52 bits per heavy atom. The molecule has 0 bridgehead atoms. The first kappa shape index (κ1) is 18.2. The van der Waals surface area contributed by atoms with Gasteiger partial charge in [0.2, 0.25) is 0 Å². The molecule has 1 N–H and O–H groups in total. The van der Waals surface area contributed by atoms with Gasteiger partial charge in [0.25, 0.3) is 5.91 Å². The molecule has 2 rings (SSSR count). The van der Waals surface area contributed by atoms with Crippen molar-refractivity contribution in [2.45, 2.75) is 13.8 Å². The van der Waals surface area contributed by atoms with Crippen LogP contribution in [0.25, 0.3) is 0 Å². The van der Waals surface area contributed by atoms with Gasteiger partial charge in [0.15, 0.2) is 0 Å². The van der Waals surface area contributed by atoms with E-state index in [0.717, 1.165) is 0 Å². The zero-order valence-electron chi connectivity index (χ0n) is 14.7. The molecule has 0 aliphatic rings. The largest absolute Gasteiger partial charge is 0.465 e. The zero-order valence-corrected chi connectivity index (χ0v) is 14.7. The van der Waals surface area contributed by atoms with Crippen molar-refractivity contribution in [1.82, 2.24) is 9.78 Å². The van der Waals surface area contributed by atoms with E-state index in [4.69, 9.17) is 0 Å². The lowest BCUT2D eigenvalue weighted by molar-refractivity contribution is 0.0599. The number of methoxy groups -OCH3 is 2. The number of carbonyl (C=O) groups is 3. The topological polar surface area (TPSA) is 99.5 Å². The van der Waals surface area contributed by atoms with E-state index in [0.29, 0.717) is 17.0 Å². The van der Waals surface area contributed by atoms with Crippen LogP contribution in [0.5, 0.6) is 0 Å². The number of esters is 2. The van der Waals surface area contributed by atoms with Crippen LogP contribution in [-0.4, -0.2) is 41.8 Å². The Labute approximate surface area is 144 Å². The molecular weight excluding hydrogens is 326 g/mol. The molecule has 8 heteroatoms. The van der Waals surface area contributed by atoms with Gasteiger partial charge >= 0.3 is 11.9 Å². The lowest BCUT2D eigenvalue weighted by atomic mass is 10.1. The van der Waals surface area contributed by atoms with Crippen LogP contribution in [0.15, 0.2) is 18.2 Å². The van der Waals surface area contributed by atoms with Crippen LogP contribution in [0.2, 0.25) is 0 Å². The second-order valence-corrected chi connectivity index (χ2v) is 5.41. The molecule has 0 atom stereocenters. The first-order valence-corrected chi connectivity index (χ1v) is 7.41. The Hall–Kier alpha value is -3.16. The molecule has 2 aromatic rings. The second-order valence-electron chi connectivity index (χ2n) is 5.41. The van der Waals surface area contributed by atoms with Crippen LogP contribution in [0, 0.1) is 13.8 Å². The summed E-state index contributed by atoms with van der Waals surface area (Å²) < 4.78 is 11.0. The minimum absolute atomic E-state index is 0.125. The van der Waals surface area contributed by atoms with Crippen molar-refractivity contribution in [2.24, 2.45) is 7.05 Å². The predicted octanol–water partition coefficient (Wildman–Crippen LogP) is 1.86. The van der Waals surface area contributed by atoms with Crippen LogP contribution in [0.3, 0.4) is 0 Å². The molecule has 1 aromatic carbocycles. The maximum Gasteiger partial charge on any atom is 0.337 e. The Bertz CT molecular complexity index is 820. The van der Waals surface area contributed by atoms with Gasteiger partial charge in [-0.2, -0.15) is 5.10 Å². The molecule has 0 unspecified atom stereocenters. The van der Waals surface area contributed by atoms with E-state index >= 15 is 0 Å². The van der Waals surface area contributed by atoms with Gasteiger partial charge in [-0.3, -0.25) is 9.48 Å². The Kier molecular flexibility index (Phi) is 5.21. The summed E-state index contributed by atoms with van der Waals surface area (Å²) in [4.78, 5) is 36.2. The zero-order chi connectivity index (χ0) is 18.7. The SMILES string of the molecule is COC(=O)c1cc(NC(=O)c2c(C)nn(C)c2C)cc(C(=O)OC)c1. The predicted molar refractivity (Wildman–Crippen MR) is 89.8 cm³/mol. The fraction of sp³-hybridized carbons (Fsp3) is 0.294. The molecule has 0 aliphatic carbocycles. The average molecular weight is 345 g/mol. The van der Waals surface area contributed by atoms with Crippen molar-refractivity contribution in [2.75, 3.05) is 19.5 Å². The summed E-state index contributed by atoms with van der Waals surface area (Å²) in [5.74, 6) is -1.65. The highest BCUT2D eigenvalue weighted by Gasteiger charge is 2.19. The maximum absolute atomic E-state index is 12.6. The van der Waals surface area contributed by atoms with Crippen molar-refractivity contribution in [3.8, 4) is 0 Å². The van der Waals surface area contributed by atoms with E-state index in [2.05, 4.69) is 19.9 Å². The summed E-state index contributed by atoms with van der Waals surface area (Å²) in [5.41, 5.74) is 2.24. The molecule has 8 nitrogen and oxygen atoms in total. The van der Waals surface area contributed by atoms with Gasteiger partial charge < -0.3 is 14.8 Å². The molecule has 1 aromatic heterocycles. The summed E-state index contributed by atoms with van der Waals surface area (Å²) >= 11 is 0. The highest BCUT2D eigenvalue weighted by molar-refractivity contribution is 6.07. The van der Waals surface area contributed by atoms with E-state index < -0.39 is 11.9 Å². The molecule has 0 spiro atoms. The molecule has 132 valence electrons. The average Bonchev–Trinajstić information content (AvgIpc) is 2.85. The number of hydrogen-bond acceptors (Lipinski definition) is 6. The minimum Gasteiger partial charge on any atom is -0.465 e. The molecule has 1 amide bonds. The van der Waals surface area contributed by atoms with Crippen LogP contribution in [-0.2, 0) is 16.5 Å². The Balaban J connectivity index is 2.42. The molecule has 0 aliphatic heterocycles. The van der Waals surface area contributed by atoms with Crippen LogP contribution in [0.4, 0.5) is 5.69 Å². The number of nitrogens with zero attached hydrogens (tertiary/aromatic N) is 2. The highest BCUT2D eigenvalue weighted by atomic mass is 16.5. The lowest BCUT2D eigenvalue weighted by Gasteiger charge is -2.10. The van der Waals surface area contributed by atoms with Gasteiger partial charge in [-0.25, -0.2) is 9.59 Å².